The normalized spacial score (nSPS) is 10.3. The summed E-state index contributed by atoms with van der Waals surface area (Å²) < 4.78 is 1.45. The molecule has 2 N–H and O–H groups in total. The van der Waals surface area contributed by atoms with Gasteiger partial charge in [-0.25, -0.2) is 4.68 Å². The van der Waals surface area contributed by atoms with Gasteiger partial charge in [-0.15, -0.1) is 0 Å². The third-order valence-corrected chi connectivity index (χ3v) is 3.20. The van der Waals surface area contributed by atoms with Gasteiger partial charge >= 0.3 is 0 Å². The molecule has 0 aliphatic rings. The predicted octanol–water partition coefficient (Wildman–Crippen LogP) is 2.19. The summed E-state index contributed by atoms with van der Waals surface area (Å²) in [5.74, 6) is -0.762. The number of aromatic nitrogens is 2. The molecular formula is C17H13N3O3. The van der Waals surface area contributed by atoms with Gasteiger partial charge in [0.1, 0.15) is 5.75 Å². The molecule has 0 fully saturated rings. The number of para-hydroxylation sites is 3. The Hall–Kier alpha value is -3.41. The number of benzene rings is 2. The third-order valence-electron chi connectivity index (χ3n) is 3.20. The van der Waals surface area contributed by atoms with Crippen molar-refractivity contribution in [1.82, 2.24) is 9.78 Å². The molecule has 23 heavy (non-hydrogen) atoms. The van der Waals surface area contributed by atoms with Crippen molar-refractivity contribution in [3.63, 3.8) is 0 Å². The molecule has 0 bridgehead atoms. The highest BCUT2D eigenvalue weighted by molar-refractivity contribution is 6.03. The second-order valence-corrected chi connectivity index (χ2v) is 4.78. The van der Waals surface area contributed by atoms with Crippen molar-refractivity contribution in [2.75, 3.05) is 5.32 Å². The smallest absolute Gasteiger partial charge is 0.280 e. The number of carbonyl (C=O) groups excluding carboxylic acids is 1. The van der Waals surface area contributed by atoms with Crippen LogP contribution >= 0.6 is 0 Å². The van der Waals surface area contributed by atoms with Crippen LogP contribution in [0.15, 0.2) is 71.7 Å². The van der Waals surface area contributed by atoms with E-state index in [0.29, 0.717) is 0 Å². The number of phenolic OH excluding ortho intramolecular Hbond substituents is 1. The number of nitrogens with one attached hydrogen (secondary N) is 1. The molecule has 0 unspecified atom stereocenters. The minimum atomic E-state index is -0.679. The van der Waals surface area contributed by atoms with Crippen molar-refractivity contribution in [1.29, 1.82) is 0 Å². The monoisotopic (exact) mass is 307 g/mol. The van der Waals surface area contributed by atoms with Crippen molar-refractivity contribution >= 4 is 11.6 Å². The lowest BCUT2D eigenvalue weighted by Crippen LogP contribution is -2.25. The average molecular weight is 307 g/mol. The van der Waals surface area contributed by atoms with E-state index in [2.05, 4.69) is 10.4 Å². The first-order valence-electron chi connectivity index (χ1n) is 6.90. The maximum Gasteiger partial charge on any atom is 0.280 e. The van der Waals surface area contributed by atoms with Gasteiger partial charge in [-0.3, -0.25) is 9.59 Å². The molecular weight excluding hydrogens is 294 g/mol. The van der Waals surface area contributed by atoms with Crippen LogP contribution in [0.2, 0.25) is 0 Å². The molecule has 1 amide bonds. The van der Waals surface area contributed by atoms with E-state index < -0.39 is 11.3 Å². The molecule has 6 nitrogen and oxygen atoms in total. The summed E-state index contributed by atoms with van der Waals surface area (Å²) in [4.78, 5) is 24.2. The van der Waals surface area contributed by atoms with Crippen LogP contribution in [0.1, 0.15) is 10.5 Å². The zero-order valence-electron chi connectivity index (χ0n) is 12.0. The SMILES string of the molecule is O=C(Nc1ccccc1O)c1nn(-c2ccccc2)ccc1=O. The van der Waals surface area contributed by atoms with Crippen molar-refractivity contribution in [2.45, 2.75) is 0 Å². The van der Waals surface area contributed by atoms with Gasteiger partial charge in [-0.2, -0.15) is 5.10 Å². The number of hydrogen-bond acceptors (Lipinski definition) is 4. The molecule has 0 saturated heterocycles. The van der Waals surface area contributed by atoms with Crippen LogP contribution in [0.25, 0.3) is 5.69 Å². The number of carbonyl (C=O) groups is 1. The standard InChI is InChI=1S/C17H13N3O3/c21-14-9-5-4-8-13(14)18-17(23)16-15(22)10-11-20(19-16)12-6-2-1-3-7-12/h1-11,21H,(H,18,23). The zero-order valence-corrected chi connectivity index (χ0v) is 12.0. The highest BCUT2D eigenvalue weighted by atomic mass is 16.3. The van der Waals surface area contributed by atoms with Gasteiger partial charge in [0.25, 0.3) is 5.91 Å². The van der Waals surface area contributed by atoms with E-state index in [1.165, 1.54) is 29.1 Å². The van der Waals surface area contributed by atoms with E-state index in [9.17, 15) is 14.7 Å². The Morgan fingerprint density at radius 2 is 1.70 bits per heavy atom. The zero-order chi connectivity index (χ0) is 16.2. The number of anilines is 1. The molecule has 0 aliphatic carbocycles. The van der Waals surface area contributed by atoms with Gasteiger partial charge < -0.3 is 10.4 Å². The van der Waals surface area contributed by atoms with Gasteiger partial charge in [0, 0.05) is 12.3 Å². The summed E-state index contributed by atoms with van der Waals surface area (Å²) in [5, 5.41) is 16.2. The highest BCUT2D eigenvalue weighted by Crippen LogP contribution is 2.21. The fourth-order valence-electron chi connectivity index (χ4n) is 2.05. The maximum absolute atomic E-state index is 12.3. The Bertz CT molecular complexity index is 904. The van der Waals surface area contributed by atoms with E-state index >= 15 is 0 Å². The first kappa shape index (κ1) is 14.5. The Morgan fingerprint density at radius 3 is 2.43 bits per heavy atom. The molecule has 0 saturated carbocycles. The number of aromatic hydroxyl groups is 1. The maximum atomic E-state index is 12.3. The van der Waals surface area contributed by atoms with Crippen molar-refractivity contribution in [3.05, 3.63) is 82.8 Å². The molecule has 1 heterocycles. The fraction of sp³-hybridized carbons (Fsp3) is 0. The number of phenols is 1. The number of rotatable bonds is 3. The van der Waals surface area contributed by atoms with Gasteiger partial charge in [-0.1, -0.05) is 30.3 Å². The Labute approximate surface area is 131 Å². The summed E-state index contributed by atoms with van der Waals surface area (Å²) in [6.07, 6.45) is 1.49. The molecule has 0 spiro atoms. The van der Waals surface area contributed by atoms with Gasteiger partial charge in [0.2, 0.25) is 5.43 Å². The largest absolute Gasteiger partial charge is 0.506 e. The van der Waals surface area contributed by atoms with Crippen molar-refractivity contribution in [3.8, 4) is 11.4 Å². The van der Waals surface area contributed by atoms with E-state index in [1.54, 1.807) is 12.1 Å². The first-order chi connectivity index (χ1) is 11.1. The van der Waals surface area contributed by atoms with Gasteiger partial charge in [0.05, 0.1) is 11.4 Å². The Kier molecular flexibility index (Phi) is 3.88. The molecule has 0 aliphatic heterocycles. The number of hydrogen-bond donors (Lipinski definition) is 2. The van der Waals surface area contributed by atoms with Crippen LogP contribution in [-0.4, -0.2) is 20.8 Å². The Morgan fingerprint density at radius 1 is 1.00 bits per heavy atom. The van der Waals surface area contributed by atoms with Gasteiger partial charge in [-0.05, 0) is 24.3 Å². The van der Waals surface area contributed by atoms with Crippen LogP contribution in [0.4, 0.5) is 5.69 Å². The first-order valence-corrected chi connectivity index (χ1v) is 6.90. The van der Waals surface area contributed by atoms with Crippen LogP contribution in [0.5, 0.6) is 5.75 Å². The summed E-state index contributed by atoms with van der Waals surface area (Å²) in [6.45, 7) is 0. The van der Waals surface area contributed by atoms with Gasteiger partial charge in [0.15, 0.2) is 5.69 Å². The summed E-state index contributed by atoms with van der Waals surface area (Å²) in [7, 11) is 0. The lowest BCUT2D eigenvalue weighted by atomic mass is 10.2. The molecule has 3 aromatic rings. The summed E-state index contributed by atoms with van der Waals surface area (Å²) in [5.41, 5.74) is 0.197. The minimum Gasteiger partial charge on any atom is -0.506 e. The lowest BCUT2D eigenvalue weighted by molar-refractivity contribution is 0.101. The highest BCUT2D eigenvalue weighted by Gasteiger charge is 2.15. The van der Waals surface area contributed by atoms with E-state index in [0.717, 1.165) is 5.69 Å². The molecule has 1 aromatic heterocycles. The van der Waals surface area contributed by atoms with Crippen LogP contribution in [0, 0.1) is 0 Å². The Balaban J connectivity index is 1.95. The van der Waals surface area contributed by atoms with E-state index in [4.69, 9.17) is 0 Å². The average Bonchev–Trinajstić information content (AvgIpc) is 2.58. The molecule has 0 atom stereocenters. The quantitative estimate of drug-likeness (QED) is 0.726. The topological polar surface area (TPSA) is 84.2 Å². The van der Waals surface area contributed by atoms with Crippen molar-refractivity contribution in [2.24, 2.45) is 0 Å². The van der Waals surface area contributed by atoms with Crippen LogP contribution < -0.4 is 10.7 Å². The number of amides is 1. The molecule has 3 rings (SSSR count). The fourth-order valence-corrected chi connectivity index (χ4v) is 2.05. The van der Waals surface area contributed by atoms with E-state index in [-0.39, 0.29) is 17.1 Å². The van der Waals surface area contributed by atoms with Crippen LogP contribution in [-0.2, 0) is 0 Å². The molecule has 6 heteroatoms. The molecule has 0 radical (unpaired) electrons. The second kappa shape index (κ2) is 6.15. The second-order valence-electron chi connectivity index (χ2n) is 4.78. The molecule has 2 aromatic carbocycles. The minimum absolute atomic E-state index is 0.0832. The lowest BCUT2D eigenvalue weighted by Gasteiger charge is -2.08. The van der Waals surface area contributed by atoms with Crippen molar-refractivity contribution < 1.29 is 9.90 Å². The third kappa shape index (κ3) is 3.11. The predicted molar refractivity (Wildman–Crippen MR) is 85.9 cm³/mol. The molecule has 114 valence electrons. The summed E-state index contributed by atoms with van der Waals surface area (Å²) >= 11 is 0. The summed E-state index contributed by atoms with van der Waals surface area (Å²) in [6, 6.07) is 16.7. The number of nitrogens with zero attached hydrogens (tertiary/aromatic N) is 2. The van der Waals surface area contributed by atoms with E-state index in [1.807, 2.05) is 30.3 Å². The van der Waals surface area contributed by atoms with Crippen LogP contribution in [0.3, 0.4) is 0 Å².